The van der Waals surface area contributed by atoms with Gasteiger partial charge in [0.25, 0.3) is 0 Å². The van der Waals surface area contributed by atoms with Crippen LogP contribution in [-0.2, 0) is 0 Å². The largest absolute Gasteiger partial charge is 0.493 e. The van der Waals surface area contributed by atoms with E-state index in [1.165, 1.54) is 0 Å². The number of aromatic nitrogens is 4. The zero-order valence-corrected chi connectivity index (χ0v) is 16.5. The molecule has 0 aliphatic carbocycles. The molecule has 0 amide bonds. The molecule has 0 saturated heterocycles. The van der Waals surface area contributed by atoms with Crippen LogP contribution in [0.1, 0.15) is 0 Å². The van der Waals surface area contributed by atoms with Crippen molar-refractivity contribution in [1.29, 1.82) is 0 Å². The Kier molecular flexibility index (Phi) is 4.21. The zero-order valence-electron chi connectivity index (χ0n) is 16.5. The van der Waals surface area contributed by atoms with E-state index in [9.17, 15) is 0 Å². The molecule has 0 aliphatic rings. The molecular formula is C23H19N5O2. The van der Waals surface area contributed by atoms with Crippen molar-refractivity contribution in [2.24, 2.45) is 0 Å². The van der Waals surface area contributed by atoms with E-state index in [0.717, 1.165) is 33.3 Å². The SMILES string of the molecule is COc1ccc(-c2cnn3c(N)cc(-c4cnc5ccccc5c4)nc23)cc1OC. The number of nitrogens with two attached hydrogens (primary N) is 1. The number of benzene rings is 2. The van der Waals surface area contributed by atoms with Gasteiger partial charge in [-0.25, -0.2) is 4.98 Å². The van der Waals surface area contributed by atoms with E-state index in [2.05, 4.69) is 16.1 Å². The molecule has 5 rings (SSSR count). The molecule has 3 aromatic heterocycles. The molecule has 7 nitrogen and oxygen atoms in total. The fourth-order valence-corrected chi connectivity index (χ4v) is 3.55. The summed E-state index contributed by atoms with van der Waals surface area (Å²) in [6.07, 6.45) is 3.56. The molecule has 0 spiro atoms. The van der Waals surface area contributed by atoms with Crippen LogP contribution in [0.15, 0.2) is 67.0 Å². The van der Waals surface area contributed by atoms with Crippen LogP contribution in [0, 0.1) is 0 Å². The number of hydrogen-bond donors (Lipinski definition) is 1. The standard InChI is InChI=1S/C23H19N5O2/c1-29-20-8-7-14(10-21(20)30-2)17-13-26-28-22(24)11-19(27-23(17)28)16-9-15-5-3-4-6-18(15)25-12-16/h3-13H,24H2,1-2H3. The van der Waals surface area contributed by atoms with Crippen LogP contribution in [0.5, 0.6) is 11.5 Å². The van der Waals surface area contributed by atoms with Gasteiger partial charge >= 0.3 is 0 Å². The lowest BCUT2D eigenvalue weighted by atomic mass is 10.1. The maximum absolute atomic E-state index is 6.30. The van der Waals surface area contributed by atoms with E-state index in [1.54, 1.807) is 24.9 Å². The summed E-state index contributed by atoms with van der Waals surface area (Å²) in [6, 6.07) is 17.6. The molecule has 0 bridgehead atoms. The Hall–Kier alpha value is -4.13. The van der Waals surface area contributed by atoms with E-state index >= 15 is 0 Å². The Morgan fingerprint density at radius 2 is 1.70 bits per heavy atom. The molecule has 3 heterocycles. The quantitative estimate of drug-likeness (QED) is 0.489. The normalized spacial score (nSPS) is 11.1. The average Bonchev–Trinajstić information content (AvgIpc) is 3.23. The van der Waals surface area contributed by atoms with Gasteiger partial charge in [-0.15, -0.1) is 0 Å². The summed E-state index contributed by atoms with van der Waals surface area (Å²) < 4.78 is 12.4. The maximum Gasteiger partial charge on any atom is 0.165 e. The van der Waals surface area contributed by atoms with Gasteiger partial charge in [-0.05, 0) is 29.8 Å². The monoisotopic (exact) mass is 397 g/mol. The molecule has 0 atom stereocenters. The third-order valence-corrected chi connectivity index (χ3v) is 5.08. The highest BCUT2D eigenvalue weighted by Crippen LogP contribution is 2.34. The molecule has 0 unspecified atom stereocenters. The minimum Gasteiger partial charge on any atom is -0.493 e. The second kappa shape index (κ2) is 7.04. The maximum atomic E-state index is 6.30. The number of methoxy groups -OCH3 is 2. The summed E-state index contributed by atoms with van der Waals surface area (Å²) in [6.45, 7) is 0. The van der Waals surface area contributed by atoms with Gasteiger partial charge in [0.15, 0.2) is 17.1 Å². The van der Waals surface area contributed by atoms with Crippen molar-refractivity contribution in [3.8, 4) is 33.9 Å². The third kappa shape index (κ3) is 2.88. The number of fused-ring (bicyclic) bond motifs is 2. The van der Waals surface area contributed by atoms with Crippen LogP contribution < -0.4 is 15.2 Å². The number of ether oxygens (including phenoxy) is 2. The van der Waals surface area contributed by atoms with Crippen molar-refractivity contribution in [3.05, 3.63) is 67.0 Å². The molecule has 0 fully saturated rings. The predicted octanol–water partition coefficient (Wildman–Crippen LogP) is 4.21. The Balaban J connectivity index is 1.68. The molecule has 2 N–H and O–H groups in total. The fourth-order valence-electron chi connectivity index (χ4n) is 3.55. The fraction of sp³-hybridized carbons (Fsp3) is 0.0870. The lowest BCUT2D eigenvalue weighted by molar-refractivity contribution is 0.355. The molecule has 7 heteroatoms. The first kappa shape index (κ1) is 17.9. The van der Waals surface area contributed by atoms with E-state index < -0.39 is 0 Å². The Morgan fingerprint density at radius 3 is 2.53 bits per heavy atom. The molecule has 0 radical (unpaired) electrons. The third-order valence-electron chi connectivity index (χ3n) is 5.08. The lowest BCUT2D eigenvalue weighted by Crippen LogP contribution is -2.01. The van der Waals surface area contributed by atoms with Crippen LogP contribution in [0.3, 0.4) is 0 Å². The summed E-state index contributed by atoms with van der Waals surface area (Å²) in [5, 5.41) is 5.46. The summed E-state index contributed by atoms with van der Waals surface area (Å²) in [4.78, 5) is 9.40. The molecule has 5 aromatic rings. The topological polar surface area (TPSA) is 87.6 Å². The van der Waals surface area contributed by atoms with Crippen LogP contribution in [0.4, 0.5) is 5.82 Å². The number of pyridine rings is 1. The van der Waals surface area contributed by atoms with Gasteiger partial charge < -0.3 is 15.2 Å². The van der Waals surface area contributed by atoms with Gasteiger partial charge in [-0.3, -0.25) is 4.98 Å². The molecular weight excluding hydrogens is 378 g/mol. The molecule has 0 saturated carbocycles. The first-order valence-electron chi connectivity index (χ1n) is 9.40. The second-order valence-corrected chi connectivity index (χ2v) is 6.85. The van der Waals surface area contributed by atoms with Crippen LogP contribution >= 0.6 is 0 Å². The summed E-state index contributed by atoms with van der Waals surface area (Å²) in [5.74, 6) is 1.79. The van der Waals surface area contributed by atoms with E-state index in [0.29, 0.717) is 23.0 Å². The van der Waals surface area contributed by atoms with Crippen molar-refractivity contribution >= 4 is 22.4 Å². The van der Waals surface area contributed by atoms with E-state index in [-0.39, 0.29) is 0 Å². The summed E-state index contributed by atoms with van der Waals surface area (Å²) >= 11 is 0. The molecule has 0 aliphatic heterocycles. The van der Waals surface area contributed by atoms with Gasteiger partial charge in [0.2, 0.25) is 0 Å². The van der Waals surface area contributed by atoms with Crippen molar-refractivity contribution in [2.75, 3.05) is 20.0 Å². The minimum atomic E-state index is 0.495. The highest BCUT2D eigenvalue weighted by atomic mass is 16.5. The minimum absolute atomic E-state index is 0.495. The number of anilines is 1. The number of nitrogens with zero attached hydrogens (tertiary/aromatic N) is 4. The molecule has 148 valence electrons. The Labute approximate surface area is 172 Å². The number of hydrogen-bond acceptors (Lipinski definition) is 6. The van der Waals surface area contributed by atoms with Gasteiger partial charge in [0.05, 0.1) is 31.6 Å². The summed E-state index contributed by atoms with van der Waals surface area (Å²) in [5.41, 5.74) is 11.3. The highest BCUT2D eigenvalue weighted by Gasteiger charge is 2.15. The second-order valence-electron chi connectivity index (χ2n) is 6.85. The number of nitrogen functional groups attached to an aromatic ring is 1. The van der Waals surface area contributed by atoms with Crippen molar-refractivity contribution < 1.29 is 9.47 Å². The summed E-state index contributed by atoms with van der Waals surface area (Å²) in [7, 11) is 3.22. The van der Waals surface area contributed by atoms with Gasteiger partial charge in [-0.1, -0.05) is 24.3 Å². The highest BCUT2D eigenvalue weighted by molar-refractivity contribution is 5.85. The first-order valence-corrected chi connectivity index (χ1v) is 9.40. The van der Waals surface area contributed by atoms with E-state index in [1.807, 2.05) is 54.7 Å². The van der Waals surface area contributed by atoms with Crippen LogP contribution in [-0.4, -0.2) is 33.8 Å². The Morgan fingerprint density at radius 1 is 0.867 bits per heavy atom. The van der Waals surface area contributed by atoms with Crippen LogP contribution in [0.25, 0.3) is 38.9 Å². The van der Waals surface area contributed by atoms with Crippen LogP contribution in [0.2, 0.25) is 0 Å². The van der Waals surface area contributed by atoms with Crippen molar-refractivity contribution in [3.63, 3.8) is 0 Å². The number of rotatable bonds is 4. The molecule has 30 heavy (non-hydrogen) atoms. The van der Waals surface area contributed by atoms with Gasteiger partial charge in [0.1, 0.15) is 5.82 Å². The van der Waals surface area contributed by atoms with E-state index in [4.69, 9.17) is 20.2 Å². The molecule has 2 aromatic carbocycles. The van der Waals surface area contributed by atoms with Crippen molar-refractivity contribution in [1.82, 2.24) is 19.6 Å². The smallest absolute Gasteiger partial charge is 0.165 e. The number of para-hydroxylation sites is 1. The van der Waals surface area contributed by atoms with Crippen molar-refractivity contribution in [2.45, 2.75) is 0 Å². The lowest BCUT2D eigenvalue weighted by Gasteiger charge is -2.10. The Bertz CT molecular complexity index is 1390. The predicted molar refractivity (Wildman–Crippen MR) is 117 cm³/mol. The van der Waals surface area contributed by atoms with Gasteiger partial charge in [0, 0.05) is 28.8 Å². The average molecular weight is 397 g/mol. The zero-order chi connectivity index (χ0) is 20.7. The van der Waals surface area contributed by atoms with Gasteiger partial charge in [-0.2, -0.15) is 9.61 Å². The first-order chi connectivity index (χ1) is 14.7.